The van der Waals surface area contributed by atoms with Gasteiger partial charge >= 0.3 is 5.97 Å². The van der Waals surface area contributed by atoms with E-state index < -0.39 is 11.9 Å². The van der Waals surface area contributed by atoms with Crippen LogP contribution in [-0.4, -0.2) is 37.1 Å². The fourth-order valence-electron chi connectivity index (χ4n) is 3.57. The number of anilines is 2. The molecule has 1 aromatic carbocycles. The van der Waals surface area contributed by atoms with E-state index in [9.17, 15) is 14.4 Å². The van der Waals surface area contributed by atoms with Gasteiger partial charge in [0, 0.05) is 17.4 Å². The van der Waals surface area contributed by atoms with Crippen molar-refractivity contribution in [2.75, 3.05) is 24.9 Å². The van der Waals surface area contributed by atoms with Gasteiger partial charge in [0.05, 0.1) is 31.9 Å². The fourth-order valence-corrected chi connectivity index (χ4v) is 4.87. The molecule has 0 saturated heterocycles. The minimum atomic E-state index is -1.04. The SMILES string of the molecule is COc1ccc(NC(=O)c2c(NC(=O)CCC(=O)O)sc3c2CCCCC3)c(OC)c1. The summed E-state index contributed by atoms with van der Waals surface area (Å²) in [6.07, 6.45) is 4.31. The van der Waals surface area contributed by atoms with Crippen molar-refractivity contribution in [2.24, 2.45) is 0 Å². The molecule has 2 aromatic rings. The Morgan fingerprint density at radius 1 is 1.03 bits per heavy atom. The quantitative estimate of drug-likeness (QED) is 0.526. The van der Waals surface area contributed by atoms with Crippen LogP contribution in [0.15, 0.2) is 18.2 Å². The maximum atomic E-state index is 13.3. The first-order valence-electron chi connectivity index (χ1n) is 10.1. The number of fused-ring (bicyclic) bond motifs is 1. The molecule has 1 aromatic heterocycles. The summed E-state index contributed by atoms with van der Waals surface area (Å²) in [5.74, 6) is -0.736. The van der Waals surface area contributed by atoms with Crippen LogP contribution in [0.5, 0.6) is 11.5 Å². The van der Waals surface area contributed by atoms with Crippen molar-refractivity contribution in [1.29, 1.82) is 0 Å². The topological polar surface area (TPSA) is 114 Å². The average molecular weight is 447 g/mol. The third kappa shape index (κ3) is 5.55. The number of aliphatic carboxylic acids is 1. The molecular weight excluding hydrogens is 420 g/mol. The highest BCUT2D eigenvalue weighted by Crippen LogP contribution is 2.39. The van der Waals surface area contributed by atoms with Gasteiger partial charge < -0.3 is 25.2 Å². The zero-order valence-electron chi connectivity index (χ0n) is 17.6. The summed E-state index contributed by atoms with van der Waals surface area (Å²) in [6, 6.07) is 5.10. The molecule has 1 aliphatic carbocycles. The first-order chi connectivity index (χ1) is 14.9. The van der Waals surface area contributed by atoms with E-state index in [1.54, 1.807) is 25.3 Å². The summed E-state index contributed by atoms with van der Waals surface area (Å²) >= 11 is 1.40. The molecule has 0 radical (unpaired) electrons. The number of hydrogen-bond acceptors (Lipinski definition) is 6. The Kier molecular flexibility index (Phi) is 7.51. The lowest BCUT2D eigenvalue weighted by Gasteiger charge is -2.13. The van der Waals surface area contributed by atoms with Crippen molar-refractivity contribution < 1.29 is 29.0 Å². The number of nitrogens with one attached hydrogen (secondary N) is 2. The van der Waals surface area contributed by atoms with Crippen molar-refractivity contribution in [2.45, 2.75) is 44.9 Å². The van der Waals surface area contributed by atoms with Gasteiger partial charge in [0.15, 0.2) is 0 Å². The average Bonchev–Trinajstić information content (AvgIpc) is 2.92. The third-order valence-electron chi connectivity index (χ3n) is 5.12. The number of hydrogen-bond donors (Lipinski definition) is 3. The third-order valence-corrected chi connectivity index (χ3v) is 6.33. The minimum Gasteiger partial charge on any atom is -0.497 e. The molecule has 1 aliphatic rings. The Bertz CT molecular complexity index is 985. The molecule has 0 bridgehead atoms. The smallest absolute Gasteiger partial charge is 0.303 e. The van der Waals surface area contributed by atoms with Crippen molar-refractivity contribution >= 4 is 39.8 Å². The van der Waals surface area contributed by atoms with E-state index in [0.717, 1.165) is 42.5 Å². The van der Waals surface area contributed by atoms with Crippen molar-refractivity contribution in [3.63, 3.8) is 0 Å². The zero-order chi connectivity index (χ0) is 22.4. The number of carbonyl (C=O) groups is 3. The van der Waals surface area contributed by atoms with Crippen molar-refractivity contribution in [3.8, 4) is 11.5 Å². The molecule has 0 saturated carbocycles. The van der Waals surface area contributed by atoms with Gasteiger partial charge in [0.1, 0.15) is 16.5 Å². The second-order valence-electron chi connectivity index (χ2n) is 7.23. The Hall–Kier alpha value is -3.07. The van der Waals surface area contributed by atoms with Crippen LogP contribution in [0.2, 0.25) is 0 Å². The van der Waals surface area contributed by atoms with E-state index in [1.165, 1.54) is 18.4 Å². The fraction of sp³-hybridized carbons (Fsp3) is 0.409. The van der Waals surface area contributed by atoms with Crippen LogP contribution in [0.1, 0.15) is 52.9 Å². The van der Waals surface area contributed by atoms with E-state index in [2.05, 4.69) is 10.6 Å². The monoisotopic (exact) mass is 446 g/mol. The standard InChI is InChI=1S/C22H26N2O6S/c1-29-13-8-9-15(16(12-13)30-2)23-21(28)20-14-6-4-3-5-7-17(14)31-22(20)24-18(25)10-11-19(26)27/h8-9,12H,3-7,10-11H2,1-2H3,(H,23,28)(H,24,25)(H,26,27). The van der Waals surface area contributed by atoms with Crippen molar-refractivity contribution in [3.05, 3.63) is 34.2 Å². The number of carboxylic acid groups (broad SMARTS) is 1. The van der Waals surface area contributed by atoms with E-state index in [0.29, 0.717) is 27.8 Å². The van der Waals surface area contributed by atoms with Crippen LogP contribution in [0.4, 0.5) is 10.7 Å². The number of ether oxygens (including phenoxy) is 2. The Labute approximate surface area is 184 Å². The first-order valence-corrected chi connectivity index (χ1v) is 10.9. The lowest BCUT2D eigenvalue weighted by Crippen LogP contribution is -2.18. The van der Waals surface area contributed by atoms with Crippen LogP contribution in [0.25, 0.3) is 0 Å². The van der Waals surface area contributed by atoms with E-state index in [1.807, 2.05) is 0 Å². The Balaban J connectivity index is 1.90. The van der Waals surface area contributed by atoms with Crippen LogP contribution in [0.3, 0.4) is 0 Å². The van der Waals surface area contributed by atoms with Gasteiger partial charge in [0.2, 0.25) is 5.91 Å². The van der Waals surface area contributed by atoms with Gasteiger partial charge in [-0.2, -0.15) is 0 Å². The van der Waals surface area contributed by atoms with Gasteiger partial charge in [-0.15, -0.1) is 11.3 Å². The van der Waals surface area contributed by atoms with Gasteiger partial charge in [0.25, 0.3) is 5.91 Å². The molecule has 31 heavy (non-hydrogen) atoms. The molecule has 1 heterocycles. The number of aryl methyl sites for hydroxylation is 1. The molecule has 0 unspecified atom stereocenters. The molecule has 0 aliphatic heterocycles. The van der Waals surface area contributed by atoms with Gasteiger partial charge in [-0.25, -0.2) is 0 Å². The molecule has 0 fully saturated rings. The normalized spacial score (nSPS) is 13.0. The molecule has 0 spiro atoms. The van der Waals surface area contributed by atoms with Crippen molar-refractivity contribution in [1.82, 2.24) is 0 Å². The molecule has 3 rings (SSSR count). The highest BCUT2D eigenvalue weighted by atomic mass is 32.1. The van der Waals surface area contributed by atoms with Crippen LogP contribution in [0, 0.1) is 0 Å². The van der Waals surface area contributed by atoms with E-state index in [-0.39, 0.29) is 18.7 Å². The molecule has 9 heteroatoms. The van der Waals surface area contributed by atoms with Crippen LogP contribution >= 0.6 is 11.3 Å². The maximum absolute atomic E-state index is 13.3. The lowest BCUT2D eigenvalue weighted by molar-refractivity contribution is -0.138. The Morgan fingerprint density at radius 2 is 1.81 bits per heavy atom. The number of carboxylic acids is 1. The van der Waals surface area contributed by atoms with E-state index >= 15 is 0 Å². The molecule has 166 valence electrons. The van der Waals surface area contributed by atoms with Gasteiger partial charge in [-0.05, 0) is 43.4 Å². The number of methoxy groups -OCH3 is 2. The van der Waals surface area contributed by atoms with Crippen LogP contribution in [-0.2, 0) is 22.4 Å². The van der Waals surface area contributed by atoms with E-state index in [4.69, 9.17) is 14.6 Å². The predicted molar refractivity (Wildman–Crippen MR) is 119 cm³/mol. The summed E-state index contributed by atoms with van der Waals surface area (Å²) in [4.78, 5) is 37.5. The molecule has 2 amide bonds. The number of thiophene rings is 1. The lowest BCUT2D eigenvalue weighted by atomic mass is 10.0. The Morgan fingerprint density at radius 3 is 2.52 bits per heavy atom. The molecule has 8 nitrogen and oxygen atoms in total. The molecular formula is C22H26N2O6S. The summed E-state index contributed by atoms with van der Waals surface area (Å²) < 4.78 is 10.6. The first kappa shape index (κ1) is 22.6. The predicted octanol–water partition coefficient (Wildman–Crippen LogP) is 4.09. The molecule has 0 atom stereocenters. The summed E-state index contributed by atoms with van der Waals surface area (Å²) in [7, 11) is 3.06. The van der Waals surface area contributed by atoms with Crippen LogP contribution < -0.4 is 20.1 Å². The summed E-state index contributed by atoms with van der Waals surface area (Å²) in [6.45, 7) is 0. The molecule has 3 N–H and O–H groups in total. The number of amides is 2. The number of benzene rings is 1. The maximum Gasteiger partial charge on any atom is 0.303 e. The highest BCUT2D eigenvalue weighted by Gasteiger charge is 2.26. The highest BCUT2D eigenvalue weighted by molar-refractivity contribution is 7.17. The van der Waals surface area contributed by atoms with Gasteiger partial charge in [-0.3, -0.25) is 14.4 Å². The van der Waals surface area contributed by atoms with Gasteiger partial charge in [-0.1, -0.05) is 6.42 Å². The largest absolute Gasteiger partial charge is 0.497 e. The second-order valence-corrected chi connectivity index (χ2v) is 8.34. The minimum absolute atomic E-state index is 0.148. The number of rotatable bonds is 8. The zero-order valence-corrected chi connectivity index (χ0v) is 18.4. The summed E-state index contributed by atoms with van der Waals surface area (Å²) in [5.41, 5.74) is 1.90. The second kappa shape index (κ2) is 10.3. The summed E-state index contributed by atoms with van der Waals surface area (Å²) in [5, 5.41) is 14.9. The number of carbonyl (C=O) groups excluding carboxylic acids is 2.